The van der Waals surface area contributed by atoms with Gasteiger partial charge in [-0.25, -0.2) is 0 Å². The average Bonchev–Trinajstić information content (AvgIpc) is 3.61. The molecule has 0 spiro atoms. The Hall–Kier alpha value is -2.90. The van der Waals surface area contributed by atoms with Crippen LogP contribution in [-0.4, -0.2) is 45.2 Å². The number of benzene rings is 2. The Morgan fingerprint density at radius 1 is 0.971 bits per heavy atom. The first-order valence-electron chi connectivity index (χ1n) is 11.8. The van der Waals surface area contributed by atoms with E-state index in [4.69, 9.17) is 16.7 Å². The van der Waals surface area contributed by atoms with E-state index < -0.39 is 12.1 Å². The fourth-order valence-corrected chi connectivity index (χ4v) is 6.14. The maximum absolute atomic E-state index is 13.3. The minimum atomic E-state index is -0.995. The summed E-state index contributed by atoms with van der Waals surface area (Å²) >= 11 is 6.41. The molecule has 2 fully saturated rings. The van der Waals surface area contributed by atoms with Crippen LogP contribution in [0.5, 0.6) is 0 Å². The zero-order valence-electron chi connectivity index (χ0n) is 18.8. The summed E-state index contributed by atoms with van der Waals surface area (Å²) in [5.74, 6) is -1.17. The Balaban J connectivity index is 1.63. The summed E-state index contributed by atoms with van der Waals surface area (Å²) < 4.78 is -0.233. The van der Waals surface area contributed by atoms with Crippen molar-refractivity contribution in [2.24, 2.45) is 5.92 Å². The number of amides is 2. The molecule has 0 radical (unpaired) electrons. The topological polar surface area (TPSA) is 94.9 Å². The molecule has 2 saturated carbocycles. The van der Waals surface area contributed by atoms with Gasteiger partial charge in [0.1, 0.15) is 12.6 Å². The van der Waals surface area contributed by atoms with E-state index in [-0.39, 0.29) is 47.3 Å². The van der Waals surface area contributed by atoms with E-state index in [1.807, 2.05) is 41.3 Å². The number of fused-ring (bicyclic) bond motifs is 2. The molecule has 2 aromatic carbocycles. The molecule has 0 aromatic heterocycles. The van der Waals surface area contributed by atoms with Crippen LogP contribution < -0.4 is 4.48 Å². The molecule has 1 aliphatic heterocycles. The monoisotopic (exact) mass is 483 g/mol. The fraction of sp³-hybridized carbons (Fsp3) is 0.423. The normalized spacial score (nSPS) is 27.1. The second-order valence-corrected chi connectivity index (χ2v) is 10.1. The van der Waals surface area contributed by atoms with Gasteiger partial charge in [-0.3, -0.25) is 9.59 Å². The van der Waals surface area contributed by atoms with Crippen molar-refractivity contribution in [3.05, 3.63) is 64.7 Å². The summed E-state index contributed by atoms with van der Waals surface area (Å²) in [6, 6.07) is 14.6. The smallest absolute Gasteiger partial charge is 0.481 e. The van der Waals surface area contributed by atoms with Crippen LogP contribution in [0.3, 0.4) is 0 Å². The number of aliphatic carboxylic acids is 1. The van der Waals surface area contributed by atoms with E-state index in [9.17, 15) is 19.5 Å². The molecule has 2 aliphatic carbocycles. The molecule has 2 N–H and O–H groups in total. The summed E-state index contributed by atoms with van der Waals surface area (Å²) in [6.07, 6.45) is 2.17. The van der Waals surface area contributed by atoms with Gasteiger partial charge in [0.05, 0.1) is 12.5 Å². The van der Waals surface area contributed by atoms with Crippen LogP contribution in [0.1, 0.15) is 55.7 Å². The standard InChI is InChI=1S/C26H27ClN2O5/c27-17-6-9-20-22(14-17)29(26(33)34,15-16-4-2-1-3-5-16)21-11-10-19(21)25(20)28(18-7-8-18)23(30)12-13-24(31)32/h1-6,9,14,18-19,21,25H,7-8,10-13,15H2,(H-,31,32,33,34)/p+1/t19-,21-,25+,29?/m1/s1. The minimum Gasteiger partial charge on any atom is -0.481 e. The maximum atomic E-state index is 13.3. The van der Waals surface area contributed by atoms with E-state index in [1.165, 1.54) is 0 Å². The Morgan fingerprint density at radius 2 is 1.71 bits per heavy atom. The zero-order chi connectivity index (χ0) is 24.0. The SMILES string of the molecule is O=C(O)CCC(=O)N(C1CC1)[C@@H]1c2ccc(Cl)cc2[N+](Cc2ccccc2)(C(=O)O)[C@@H]2CC[C@@H]12. The third-order valence-corrected chi connectivity index (χ3v) is 7.93. The molecule has 0 bridgehead atoms. The first-order valence-corrected chi connectivity index (χ1v) is 12.2. The lowest BCUT2D eigenvalue weighted by Gasteiger charge is -2.57. The third kappa shape index (κ3) is 3.77. The Morgan fingerprint density at radius 3 is 2.29 bits per heavy atom. The molecule has 7 nitrogen and oxygen atoms in total. The van der Waals surface area contributed by atoms with Gasteiger partial charge in [-0.15, -0.1) is 0 Å². The van der Waals surface area contributed by atoms with Crippen LogP contribution in [-0.2, 0) is 16.1 Å². The minimum absolute atomic E-state index is 0.0112. The van der Waals surface area contributed by atoms with Crippen LogP contribution in [0.4, 0.5) is 10.5 Å². The van der Waals surface area contributed by atoms with Crippen LogP contribution in [0.25, 0.3) is 0 Å². The van der Waals surface area contributed by atoms with E-state index in [2.05, 4.69) is 0 Å². The summed E-state index contributed by atoms with van der Waals surface area (Å²) in [5, 5.41) is 20.3. The third-order valence-electron chi connectivity index (χ3n) is 7.70. The Labute approximate surface area is 203 Å². The number of carbonyl (C=O) groups is 3. The molecular weight excluding hydrogens is 456 g/mol. The highest BCUT2D eigenvalue weighted by Crippen LogP contribution is 2.58. The Kier molecular flexibility index (Phi) is 5.86. The lowest BCUT2D eigenvalue weighted by atomic mass is 9.66. The highest BCUT2D eigenvalue weighted by atomic mass is 35.5. The number of hydrogen-bond acceptors (Lipinski definition) is 3. The van der Waals surface area contributed by atoms with Gasteiger partial charge < -0.3 is 15.1 Å². The molecule has 3 aliphatic rings. The first kappa shape index (κ1) is 22.9. The highest BCUT2D eigenvalue weighted by Gasteiger charge is 2.63. The largest absolute Gasteiger partial charge is 0.519 e. The molecule has 4 atom stereocenters. The molecule has 2 amide bonds. The van der Waals surface area contributed by atoms with Gasteiger partial charge in [0.25, 0.3) is 0 Å². The van der Waals surface area contributed by atoms with Crippen molar-refractivity contribution in [1.29, 1.82) is 0 Å². The number of hydrogen-bond donors (Lipinski definition) is 2. The van der Waals surface area contributed by atoms with Gasteiger partial charge in [-0.05, 0) is 31.4 Å². The maximum Gasteiger partial charge on any atom is 0.519 e. The van der Waals surface area contributed by atoms with Crippen molar-refractivity contribution < 1.29 is 24.6 Å². The molecule has 1 heterocycles. The van der Waals surface area contributed by atoms with Crippen molar-refractivity contribution in [1.82, 2.24) is 9.38 Å². The first-order chi connectivity index (χ1) is 16.3. The van der Waals surface area contributed by atoms with Crippen LogP contribution in [0.15, 0.2) is 48.5 Å². The van der Waals surface area contributed by atoms with Crippen LogP contribution >= 0.6 is 11.6 Å². The Bertz CT molecular complexity index is 1140. The number of halogens is 1. The second kappa shape index (κ2) is 8.71. The summed E-state index contributed by atoms with van der Waals surface area (Å²) in [7, 11) is 0. The predicted octanol–water partition coefficient (Wildman–Crippen LogP) is 5.21. The molecule has 0 saturated heterocycles. The molecular formula is C26H28ClN2O5+. The molecule has 2 aromatic rings. The number of quaternary nitrogens is 1. The van der Waals surface area contributed by atoms with Gasteiger partial charge in [0, 0.05) is 47.0 Å². The van der Waals surface area contributed by atoms with Gasteiger partial charge in [0.15, 0.2) is 5.69 Å². The molecule has 5 rings (SSSR count). The number of carboxylic acid groups (broad SMARTS) is 2. The van der Waals surface area contributed by atoms with E-state index in [0.29, 0.717) is 17.3 Å². The predicted molar refractivity (Wildman–Crippen MR) is 127 cm³/mol. The number of nitrogens with zero attached hydrogens (tertiary/aromatic N) is 2. The molecule has 8 heteroatoms. The van der Waals surface area contributed by atoms with Gasteiger partial charge in [-0.2, -0.15) is 9.28 Å². The van der Waals surface area contributed by atoms with E-state index in [1.54, 1.807) is 12.1 Å². The van der Waals surface area contributed by atoms with Crippen molar-refractivity contribution in [3.8, 4) is 0 Å². The van der Waals surface area contributed by atoms with Gasteiger partial charge >= 0.3 is 12.1 Å². The van der Waals surface area contributed by atoms with Crippen molar-refractivity contribution in [3.63, 3.8) is 0 Å². The van der Waals surface area contributed by atoms with Crippen molar-refractivity contribution in [2.45, 2.75) is 63.2 Å². The second-order valence-electron chi connectivity index (χ2n) is 9.68. The van der Waals surface area contributed by atoms with Crippen molar-refractivity contribution in [2.75, 3.05) is 0 Å². The van der Waals surface area contributed by atoms with E-state index in [0.717, 1.165) is 36.8 Å². The summed E-state index contributed by atoms with van der Waals surface area (Å²) in [4.78, 5) is 39.4. The lowest BCUT2D eigenvalue weighted by Crippen LogP contribution is -2.70. The van der Waals surface area contributed by atoms with Crippen molar-refractivity contribution >= 4 is 35.3 Å². The van der Waals surface area contributed by atoms with Crippen LogP contribution in [0, 0.1) is 5.92 Å². The highest BCUT2D eigenvalue weighted by molar-refractivity contribution is 6.31. The van der Waals surface area contributed by atoms with Crippen LogP contribution in [0.2, 0.25) is 5.02 Å². The average molecular weight is 484 g/mol. The van der Waals surface area contributed by atoms with Gasteiger partial charge in [-0.1, -0.05) is 41.9 Å². The summed E-state index contributed by atoms with van der Waals surface area (Å²) in [6.45, 7) is 0.299. The molecule has 34 heavy (non-hydrogen) atoms. The summed E-state index contributed by atoms with van der Waals surface area (Å²) in [5.41, 5.74) is 2.38. The number of carboxylic acids is 1. The number of carbonyl (C=O) groups excluding carboxylic acids is 1. The lowest BCUT2D eigenvalue weighted by molar-refractivity contribution is -0.144. The quantitative estimate of drug-likeness (QED) is 0.527. The molecule has 1 unspecified atom stereocenters. The fourth-order valence-electron chi connectivity index (χ4n) is 5.97. The number of rotatable bonds is 7. The zero-order valence-corrected chi connectivity index (χ0v) is 19.5. The molecule has 178 valence electrons. The van der Waals surface area contributed by atoms with E-state index >= 15 is 0 Å². The van der Waals surface area contributed by atoms with Gasteiger partial charge in [0.2, 0.25) is 5.91 Å².